The third kappa shape index (κ3) is 4.57. The highest BCUT2D eigenvalue weighted by atomic mass is 16.7. The van der Waals surface area contributed by atoms with Crippen LogP contribution in [0.25, 0.3) is 10.8 Å². The smallest absolute Gasteiger partial charge is 0.411 e. The lowest BCUT2D eigenvalue weighted by Gasteiger charge is -2.36. The van der Waals surface area contributed by atoms with E-state index in [1.165, 1.54) is 16.5 Å². The number of carbonyl (C=O) groups excluding carboxylic acids is 1. The number of fused-ring (bicyclic) bond motifs is 2. The molecule has 32 heavy (non-hydrogen) atoms. The van der Waals surface area contributed by atoms with Crippen LogP contribution in [0.3, 0.4) is 0 Å². The number of nitrogens with one attached hydrogen (secondary N) is 1. The van der Waals surface area contributed by atoms with E-state index in [9.17, 15) is 4.79 Å². The van der Waals surface area contributed by atoms with Crippen molar-refractivity contribution in [3.8, 4) is 11.5 Å². The summed E-state index contributed by atoms with van der Waals surface area (Å²) in [7, 11) is 0. The summed E-state index contributed by atoms with van der Waals surface area (Å²) in [6, 6.07) is 20.3. The van der Waals surface area contributed by atoms with Crippen LogP contribution in [-0.4, -0.2) is 57.1 Å². The van der Waals surface area contributed by atoms with E-state index < -0.39 is 6.09 Å². The Kier molecular flexibility index (Phi) is 5.98. The predicted molar refractivity (Wildman–Crippen MR) is 125 cm³/mol. The molecule has 2 aliphatic rings. The molecule has 166 valence electrons. The standard InChI is InChI=1S/C25H27N3O4/c29-25(26-20-9-10-23-24(17-20)32-18-31-23)30-16-4-11-27-12-14-28(15-13-27)22-8-3-6-19-5-1-2-7-21(19)22/h1-3,5-10,17H,4,11-16,18H2,(H,26,29). The van der Waals surface area contributed by atoms with E-state index in [0.29, 0.717) is 23.8 Å². The van der Waals surface area contributed by atoms with Gasteiger partial charge in [0.15, 0.2) is 11.5 Å². The molecule has 2 heterocycles. The summed E-state index contributed by atoms with van der Waals surface area (Å²) >= 11 is 0. The Morgan fingerprint density at radius 3 is 2.66 bits per heavy atom. The lowest BCUT2D eigenvalue weighted by molar-refractivity contribution is 0.151. The number of hydrogen-bond acceptors (Lipinski definition) is 6. The summed E-state index contributed by atoms with van der Waals surface area (Å²) in [6.45, 7) is 5.53. The second-order valence-electron chi connectivity index (χ2n) is 8.01. The molecule has 3 aromatic carbocycles. The molecule has 2 aliphatic heterocycles. The minimum atomic E-state index is -0.454. The molecule has 0 saturated carbocycles. The van der Waals surface area contributed by atoms with Crippen molar-refractivity contribution >= 4 is 28.2 Å². The number of ether oxygens (including phenoxy) is 3. The molecule has 1 N–H and O–H groups in total. The fraction of sp³-hybridized carbons (Fsp3) is 0.320. The molecule has 0 aliphatic carbocycles. The van der Waals surface area contributed by atoms with Gasteiger partial charge in [0.1, 0.15) is 0 Å². The topological polar surface area (TPSA) is 63.3 Å². The number of nitrogens with zero attached hydrogens (tertiary/aromatic N) is 2. The SMILES string of the molecule is O=C(Nc1ccc2c(c1)OCO2)OCCCN1CCN(c2cccc3ccccc23)CC1. The van der Waals surface area contributed by atoms with Crippen LogP contribution in [0, 0.1) is 0 Å². The summed E-state index contributed by atoms with van der Waals surface area (Å²) < 4.78 is 15.9. The number of benzene rings is 3. The number of amides is 1. The monoisotopic (exact) mass is 433 g/mol. The highest BCUT2D eigenvalue weighted by Crippen LogP contribution is 2.34. The first-order valence-corrected chi connectivity index (χ1v) is 11.0. The van der Waals surface area contributed by atoms with Crippen LogP contribution in [0.15, 0.2) is 60.7 Å². The number of rotatable bonds is 6. The molecule has 0 unspecified atom stereocenters. The molecular formula is C25H27N3O4. The fourth-order valence-electron chi connectivity index (χ4n) is 4.28. The van der Waals surface area contributed by atoms with Crippen LogP contribution in [0.1, 0.15) is 6.42 Å². The first-order chi connectivity index (χ1) is 15.8. The Balaban J connectivity index is 1.03. The van der Waals surface area contributed by atoms with Crippen LogP contribution < -0.4 is 19.7 Å². The summed E-state index contributed by atoms with van der Waals surface area (Å²) in [4.78, 5) is 16.9. The molecule has 0 atom stereocenters. The summed E-state index contributed by atoms with van der Waals surface area (Å²) in [5.41, 5.74) is 1.94. The van der Waals surface area contributed by atoms with Crippen molar-refractivity contribution in [3.63, 3.8) is 0 Å². The molecular weight excluding hydrogens is 406 g/mol. The normalized spacial score (nSPS) is 15.7. The van der Waals surface area contributed by atoms with Gasteiger partial charge in [-0.25, -0.2) is 4.79 Å². The van der Waals surface area contributed by atoms with E-state index in [1.54, 1.807) is 18.2 Å². The second kappa shape index (κ2) is 9.36. The van der Waals surface area contributed by atoms with Gasteiger partial charge in [-0.15, -0.1) is 0 Å². The van der Waals surface area contributed by atoms with Gasteiger partial charge in [0.2, 0.25) is 6.79 Å². The predicted octanol–water partition coefficient (Wildman–Crippen LogP) is 4.33. The summed E-state index contributed by atoms with van der Waals surface area (Å²) in [5.74, 6) is 1.31. The van der Waals surface area contributed by atoms with Gasteiger partial charge in [0.25, 0.3) is 0 Å². The zero-order valence-corrected chi connectivity index (χ0v) is 18.0. The van der Waals surface area contributed by atoms with Crippen LogP contribution in [0.2, 0.25) is 0 Å². The number of carbonyl (C=O) groups is 1. The number of piperazine rings is 1. The van der Waals surface area contributed by atoms with E-state index >= 15 is 0 Å². The number of hydrogen-bond donors (Lipinski definition) is 1. The largest absolute Gasteiger partial charge is 0.454 e. The molecule has 3 aromatic rings. The van der Waals surface area contributed by atoms with Crippen molar-refractivity contribution < 1.29 is 19.0 Å². The van der Waals surface area contributed by atoms with Crippen molar-refractivity contribution in [1.82, 2.24) is 4.90 Å². The van der Waals surface area contributed by atoms with Crippen molar-refractivity contribution in [2.45, 2.75) is 6.42 Å². The quantitative estimate of drug-likeness (QED) is 0.584. The fourth-order valence-corrected chi connectivity index (χ4v) is 4.28. The molecule has 1 saturated heterocycles. The van der Waals surface area contributed by atoms with Crippen LogP contribution in [0.4, 0.5) is 16.2 Å². The molecule has 0 spiro atoms. The molecule has 5 rings (SSSR count). The third-order valence-electron chi connectivity index (χ3n) is 5.95. The zero-order valence-electron chi connectivity index (χ0n) is 18.0. The van der Waals surface area contributed by atoms with E-state index in [4.69, 9.17) is 14.2 Å². The Bertz CT molecular complexity index is 1090. The summed E-state index contributed by atoms with van der Waals surface area (Å²) in [6.07, 6.45) is 0.354. The maximum absolute atomic E-state index is 12.0. The third-order valence-corrected chi connectivity index (χ3v) is 5.95. The lowest BCUT2D eigenvalue weighted by atomic mass is 10.1. The summed E-state index contributed by atoms with van der Waals surface area (Å²) in [5, 5.41) is 5.32. The van der Waals surface area contributed by atoms with Gasteiger partial charge in [-0.2, -0.15) is 0 Å². The molecule has 0 bridgehead atoms. The van der Waals surface area contributed by atoms with Gasteiger partial charge in [-0.3, -0.25) is 10.2 Å². The second-order valence-corrected chi connectivity index (χ2v) is 8.01. The highest BCUT2D eigenvalue weighted by molar-refractivity contribution is 5.94. The molecule has 1 fully saturated rings. The first kappa shape index (κ1) is 20.5. The van der Waals surface area contributed by atoms with E-state index in [-0.39, 0.29) is 6.79 Å². The molecule has 0 aromatic heterocycles. The van der Waals surface area contributed by atoms with Gasteiger partial charge in [0, 0.05) is 55.6 Å². The van der Waals surface area contributed by atoms with Crippen LogP contribution in [-0.2, 0) is 4.74 Å². The minimum Gasteiger partial charge on any atom is -0.454 e. The Labute approximate surface area is 187 Å². The van der Waals surface area contributed by atoms with Gasteiger partial charge in [0.05, 0.1) is 6.61 Å². The molecule has 7 nitrogen and oxygen atoms in total. The van der Waals surface area contributed by atoms with Gasteiger partial charge in [-0.05, 0) is 30.0 Å². The Hall–Kier alpha value is -3.45. The molecule has 1 amide bonds. The Morgan fingerprint density at radius 1 is 0.938 bits per heavy atom. The van der Waals surface area contributed by atoms with E-state index in [1.807, 2.05) is 0 Å². The van der Waals surface area contributed by atoms with E-state index in [2.05, 4.69) is 57.6 Å². The minimum absolute atomic E-state index is 0.208. The van der Waals surface area contributed by atoms with Gasteiger partial charge in [-0.1, -0.05) is 36.4 Å². The van der Waals surface area contributed by atoms with Gasteiger partial charge >= 0.3 is 6.09 Å². The average molecular weight is 434 g/mol. The van der Waals surface area contributed by atoms with Crippen LogP contribution >= 0.6 is 0 Å². The Morgan fingerprint density at radius 2 is 1.75 bits per heavy atom. The van der Waals surface area contributed by atoms with E-state index in [0.717, 1.165) is 39.1 Å². The maximum atomic E-state index is 12.0. The molecule has 7 heteroatoms. The highest BCUT2D eigenvalue weighted by Gasteiger charge is 2.18. The van der Waals surface area contributed by atoms with Crippen LogP contribution in [0.5, 0.6) is 11.5 Å². The van der Waals surface area contributed by atoms with Gasteiger partial charge < -0.3 is 19.1 Å². The number of anilines is 2. The molecule has 0 radical (unpaired) electrons. The lowest BCUT2D eigenvalue weighted by Crippen LogP contribution is -2.46. The maximum Gasteiger partial charge on any atom is 0.411 e. The average Bonchev–Trinajstić information content (AvgIpc) is 3.30. The van der Waals surface area contributed by atoms with Crippen molar-refractivity contribution in [2.75, 3.05) is 56.3 Å². The zero-order chi connectivity index (χ0) is 21.8. The van der Waals surface area contributed by atoms with Crippen molar-refractivity contribution in [2.24, 2.45) is 0 Å². The van der Waals surface area contributed by atoms with Crippen molar-refractivity contribution in [1.29, 1.82) is 0 Å². The first-order valence-electron chi connectivity index (χ1n) is 11.0. The van der Waals surface area contributed by atoms with Crippen molar-refractivity contribution in [3.05, 3.63) is 60.7 Å².